The van der Waals surface area contributed by atoms with Crippen molar-refractivity contribution in [1.82, 2.24) is 9.88 Å². The Morgan fingerprint density at radius 3 is 3.00 bits per heavy atom. The number of hydrogen-bond acceptors (Lipinski definition) is 4. The third-order valence-corrected chi connectivity index (χ3v) is 4.12. The molecule has 0 bridgehead atoms. The van der Waals surface area contributed by atoms with Crippen LogP contribution in [-0.2, 0) is 16.1 Å². The zero-order valence-electron chi connectivity index (χ0n) is 12.0. The van der Waals surface area contributed by atoms with Crippen molar-refractivity contribution in [3.05, 3.63) is 42.1 Å². The average molecular weight is 285 g/mol. The molecule has 0 spiro atoms. The van der Waals surface area contributed by atoms with E-state index < -0.39 is 0 Å². The minimum atomic E-state index is -0.289. The molecule has 2 aromatic rings. The number of benzene rings is 1. The Morgan fingerprint density at radius 2 is 2.24 bits per heavy atom. The number of para-hydroxylation sites is 1. The molecular weight excluding hydrogens is 266 g/mol. The van der Waals surface area contributed by atoms with Crippen LogP contribution in [0.3, 0.4) is 0 Å². The molecule has 21 heavy (non-hydrogen) atoms. The van der Waals surface area contributed by atoms with E-state index in [1.165, 1.54) is 0 Å². The van der Waals surface area contributed by atoms with Crippen LogP contribution >= 0.6 is 0 Å². The lowest BCUT2D eigenvalue weighted by Crippen LogP contribution is -2.39. The van der Waals surface area contributed by atoms with E-state index in [9.17, 15) is 4.79 Å². The van der Waals surface area contributed by atoms with Gasteiger partial charge in [-0.05, 0) is 18.1 Å². The van der Waals surface area contributed by atoms with Crippen molar-refractivity contribution in [3.63, 3.8) is 0 Å². The number of hydrogen-bond donors (Lipinski definition) is 1. The number of methoxy groups -OCH3 is 1. The van der Waals surface area contributed by atoms with Crippen molar-refractivity contribution in [1.29, 1.82) is 0 Å². The second-order valence-electron chi connectivity index (χ2n) is 5.43. The number of fused-ring (bicyclic) bond motifs is 1. The maximum atomic E-state index is 11.6. The molecule has 0 saturated carbocycles. The summed E-state index contributed by atoms with van der Waals surface area (Å²) in [5.41, 5.74) is 7.60. The number of nitrogens with two attached hydrogens (primary N) is 1. The molecule has 110 valence electrons. The SMILES string of the molecule is CO[C@H]1C[C@@H](C(N)=O)N(Cc2cccc3cccnc23)C1. The predicted octanol–water partition coefficient (Wildman–Crippen LogP) is 1.31. The van der Waals surface area contributed by atoms with Crippen molar-refractivity contribution in [2.45, 2.75) is 25.1 Å². The van der Waals surface area contributed by atoms with Gasteiger partial charge in [-0.25, -0.2) is 0 Å². The third-order valence-electron chi connectivity index (χ3n) is 4.12. The number of pyridine rings is 1. The van der Waals surface area contributed by atoms with Crippen molar-refractivity contribution in [2.24, 2.45) is 5.73 Å². The number of carbonyl (C=O) groups excluding carboxylic acids is 1. The van der Waals surface area contributed by atoms with Crippen molar-refractivity contribution < 1.29 is 9.53 Å². The molecule has 1 aliphatic heterocycles. The van der Waals surface area contributed by atoms with Crippen LogP contribution in [0.4, 0.5) is 0 Å². The van der Waals surface area contributed by atoms with Gasteiger partial charge in [-0.15, -0.1) is 0 Å². The molecule has 2 atom stereocenters. The van der Waals surface area contributed by atoms with Gasteiger partial charge >= 0.3 is 0 Å². The van der Waals surface area contributed by atoms with Crippen LogP contribution < -0.4 is 5.73 Å². The molecular formula is C16H19N3O2. The Hall–Kier alpha value is -1.98. The average Bonchev–Trinajstić information content (AvgIpc) is 2.91. The van der Waals surface area contributed by atoms with Gasteiger partial charge in [0.05, 0.1) is 17.7 Å². The summed E-state index contributed by atoms with van der Waals surface area (Å²) in [7, 11) is 1.67. The van der Waals surface area contributed by atoms with Crippen LogP contribution in [0.5, 0.6) is 0 Å². The number of rotatable bonds is 4. The lowest BCUT2D eigenvalue weighted by atomic mass is 10.1. The molecule has 0 radical (unpaired) electrons. The van der Waals surface area contributed by atoms with Crippen molar-refractivity contribution >= 4 is 16.8 Å². The number of aromatic nitrogens is 1. The van der Waals surface area contributed by atoms with E-state index in [0.717, 1.165) is 16.5 Å². The summed E-state index contributed by atoms with van der Waals surface area (Å²) < 4.78 is 5.38. The van der Waals surface area contributed by atoms with Gasteiger partial charge in [-0.2, -0.15) is 0 Å². The fraction of sp³-hybridized carbons (Fsp3) is 0.375. The molecule has 1 saturated heterocycles. The molecule has 1 fully saturated rings. The Kier molecular flexibility index (Phi) is 3.86. The number of ether oxygens (including phenoxy) is 1. The Morgan fingerprint density at radius 1 is 1.43 bits per heavy atom. The van der Waals surface area contributed by atoms with E-state index in [4.69, 9.17) is 10.5 Å². The maximum absolute atomic E-state index is 11.6. The first-order valence-electron chi connectivity index (χ1n) is 7.08. The lowest BCUT2D eigenvalue weighted by Gasteiger charge is -2.22. The largest absolute Gasteiger partial charge is 0.380 e. The van der Waals surface area contributed by atoms with E-state index in [1.54, 1.807) is 13.3 Å². The first-order chi connectivity index (χ1) is 10.2. The van der Waals surface area contributed by atoms with Crippen LogP contribution in [0, 0.1) is 0 Å². The van der Waals surface area contributed by atoms with Gasteiger partial charge in [-0.1, -0.05) is 24.3 Å². The highest BCUT2D eigenvalue weighted by Gasteiger charge is 2.35. The zero-order valence-corrected chi connectivity index (χ0v) is 12.0. The monoisotopic (exact) mass is 285 g/mol. The van der Waals surface area contributed by atoms with Crippen LogP contribution in [0.1, 0.15) is 12.0 Å². The minimum Gasteiger partial charge on any atom is -0.380 e. The third kappa shape index (κ3) is 2.75. The molecule has 1 aromatic heterocycles. The van der Waals surface area contributed by atoms with Crippen molar-refractivity contribution in [3.8, 4) is 0 Å². The molecule has 2 N–H and O–H groups in total. The van der Waals surface area contributed by atoms with Crippen LogP contribution in [0.25, 0.3) is 10.9 Å². The molecule has 3 rings (SSSR count). The summed E-state index contributed by atoms with van der Waals surface area (Å²) in [4.78, 5) is 18.2. The molecule has 1 amide bonds. The fourth-order valence-electron chi connectivity index (χ4n) is 3.02. The summed E-state index contributed by atoms with van der Waals surface area (Å²) in [6.45, 7) is 1.37. The van der Waals surface area contributed by atoms with E-state index in [0.29, 0.717) is 19.5 Å². The van der Waals surface area contributed by atoms with E-state index in [2.05, 4.69) is 9.88 Å². The highest BCUT2D eigenvalue weighted by atomic mass is 16.5. The standard InChI is InChI=1S/C16H19N3O2/c1-21-13-8-14(16(17)20)19(10-13)9-12-5-2-4-11-6-3-7-18-15(11)12/h2-7,13-14H,8-10H2,1H3,(H2,17,20)/t13-,14-/m0/s1. The maximum Gasteiger partial charge on any atom is 0.234 e. The molecule has 1 aromatic carbocycles. The minimum absolute atomic E-state index is 0.0606. The number of primary amides is 1. The predicted molar refractivity (Wildman–Crippen MR) is 80.5 cm³/mol. The molecule has 1 aliphatic rings. The summed E-state index contributed by atoms with van der Waals surface area (Å²) in [5, 5.41) is 1.10. The van der Waals surface area contributed by atoms with Gasteiger partial charge in [0.2, 0.25) is 5.91 Å². The Balaban J connectivity index is 1.89. The molecule has 0 unspecified atom stereocenters. The normalized spacial score (nSPS) is 22.7. The Labute approximate surface area is 123 Å². The van der Waals surface area contributed by atoms with E-state index >= 15 is 0 Å². The van der Waals surface area contributed by atoms with Gasteiger partial charge in [-0.3, -0.25) is 14.7 Å². The quantitative estimate of drug-likeness (QED) is 0.919. The summed E-state index contributed by atoms with van der Waals surface area (Å²) in [6, 6.07) is 9.80. The molecule has 5 nitrogen and oxygen atoms in total. The zero-order chi connectivity index (χ0) is 14.8. The van der Waals surface area contributed by atoms with Crippen molar-refractivity contribution in [2.75, 3.05) is 13.7 Å². The second-order valence-corrected chi connectivity index (χ2v) is 5.43. The fourth-order valence-corrected chi connectivity index (χ4v) is 3.02. The van der Waals surface area contributed by atoms with E-state index in [-0.39, 0.29) is 18.1 Å². The molecule has 2 heterocycles. The van der Waals surface area contributed by atoms with Gasteiger partial charge < -0.3 is 10.5 Å². The van der Waals surface area contributed by atoms with Gasteiger partial charge in [0, 0.05) is 31.8 Å². The summed E-state index contributed by atoms with van der Waals surface area (Å²) in [5.74, 6) is -0.289. The molecule has 0 aliphatic carbocycles. The first kappa shape index (κ1) is 14.0. The van der Waals surface area contributed by atoms with E-state index in [1.807, 2.05) is 30.3 Å². The number of carbonyl (C=O) groups is 1. The van der Waals surface area contributed by atoms with Crippen LogP contribution in [0.15, 0.2) is 36.5 Å². The number of amides is 1. The number of likely N-dealkylation sites (tertiary alicyclic amines) is 1. The first-order valence-corrected chi connectivity index (χ1v) is 7.08. The van der Waals surface area contributed by atoms with Gasteiger partial charge in [0.15, 0.2) is 0 Å². The van der Waals surface area contributed by atoms with Gasteiger partial charge in [0.1, 0.15) is 0 Å². The summed E-state index contributed by atoms with van der Waals surface area (Å²) in [6.07, 6.45) is 2.51. The lowest BCUT2D eigenvalue weighted by molar-refractivity contribution is -0.122. The highest BCUT2D eigenvalue weighted by Crippen LogP contribution is 2.24. The Bertz CT molecular complexity index is 654. The highest BCUT2D eigenvalue weighted by molar-refractivity contribution is 5.82. The smallest absolute Gasteiger partial charge is 0.234 e. The number of nitrogens with zero attached hydrogens (tertiary/aromatic N) is 2. The molecule has 5 heteroatoms. The topological polar surface area (TPSA) is 68.5 Å². The summed E-state index contributed by atoms with van der Waals surface area (Å²) >= 11 is 0. The van der Waals surface area contributed by atoms with Gasteiger partial charge in [0.25, 0.3) is 0 Å². The second kappa shape index (κ2) is 5.79. The van der Waals surface area contributed by atoms with Crippen LogP contribution in [0.2, 0.25) is 0 Å². The van der Waals surface area contributed by atoms with Crippen LogP contribution in [-0.4, -0.2) is 41.6 Å².